The molecule has 284 valence electrons. The van der Waals surface area contributed by atoms with Gasteiger partial charge in [0.25, 0.3) is 5.91 Å². The van der Waals surface area contributed by atoms with Crippen molar-refractivity contribution in [3.63, 3.8) is 0 Å². The number of hydrogen-bond acceptors (Lipinski definition) is 8. The Bertz CT molecular complexity index is 1520. The fourth-order valence-corrected chi connectivity index (χ4v) is 8.06. The lowest BCUT2D eigenvalue weighted by atomic mass is 9.85. The monoisotopic (exact) mass is 731 g/mol. The molecule has 2 fully saturated rings. The zero-order valence-electron chi connectivity index (χ0n) is 30.8. The first-order chi connectivity index (χ1) is 24.1. The number of nitrogens with zero attached hydrogens (tertiary/aromatic N) is 1. The smallest absolute Gasteiger partial charge is 0.407 e. The average molecular weight is 732 g/mol. The van der Waals surface area contributed by atoms with Crippen LogP contribution in [0.2, 0.25) is 0 Å². The summed E-state index contributed by atoms with van der Waals surface area (Å²) < 4.78 is 32.8. The molecule has 4 N–H and O–H groups in total. The molecule has 2 aliphatic heterocycles. The van der Waals surface area contributed by atoms with Crippen LogP contribution in [-0.4, -0.2) is 85.6 Å². The lowest BCUT2D eigenvalue weighted by Gasteiger charge is -2.35. The Morgan fingerprint density at radius 2 is 1.61 bits per heavy atom. The summed E-state index contributed by atoms with van der Waals surface area (Å²) in [6.07, 6.45) is 7.04. The SMILES string of the molecule is CC[C@H](C)C(NC(=O)[C@@H]1C[C@@H]2CN1C(=O)[C@H](C(C)(C)C)NC(=O)OCCCCCCCc1ccccc1CCC(=O)N2)C(=O)NS(=O)(=O)C1CC1. The van der Waals surface area contributed by atoms with E-state index < -0.39 is 74.6 Å². The van der Waals surface area contributed by atoms with E-state index in [2.05, 4.69) is 26.7 Å². The topological polar surface area (TPSA) is 180 Å². The minimum atomic E-state index is -3.87. The van der Waals surface area contributed by atoms with E-state index in [1.54, 1.807) is 27.7 Å². The van der Waals surface area contributed by atoms with Gasteiger partial charge in [-0.1, -0.05) is 84.6 Å². The van der Waals surface area contributed by atoms with Gasteiger partial charge in [-0.15, -0.1) is 0 Å². The predicted molar refractivity (Wildman–Crippen MR) is 193 cm³/mol. The Balaban J connectivity index is 1.59. The molecule has 5 atom stereocenters. The van der Waals surface area contributed by atoms with Crippen molar-refractivity contribution >= 4 is 39.7 Å². The molecule has 5 amide bonds. The van der Waals surface area contributed by atoms with E-state index in [0.29, 0.717) is 32.1 Å². The van der Waals surface area contributed by atoms with Crippen molar-refractivity contribution in [3.8, 4) is 0 Å². The van der Waals surface area contributed by atoms with Gasteiger partial charge in [0.2, 0.25) is 27.7 Å². The van der Waals surface area contributed by atoms with Crippen molar-refractivity contribution in [2.75, 3.05) is 13.2 Å². The van der Waals surface area contributed by atoms with Gasteiger partial charge in [-0.3, -0.25) is 23.9 Å². The zero-order chi connectivity index (χ0) is 37.3. The molecule has 2 heterocycles. The highest BCUT2D eigenvalue weighted by atomic mass is 32.2. The standard InChI is InChI=1S/C37H57N5O8S/c1-6-24(2)31(34(45)41-51(48,49)28-18-19-28)39-33(44)29-22-27-23-42(29)35(46)32(37(3,4)5)40-36(47)50-21-13-9-7-8-10-14-25-15-11-12-16-26(25)17-20-30(43)38-27/h11-12,15-16,24,27-29,31-32H,6-10,13-14,17-23H2,1-5H3,(H,38,43)(H,39,44)(H,40,47)(H,41,45)/t24-,27+,29-,31?,32+/m0/s1. The number of hydrogen-bond donors (Lipinski definition) is 4. The number of aryl methyl sites for hydroxylation is 2. The fourth-order valence-electron chi connectivity index (χ4n) is 6.73. The lowest BCUT2D eigenvalue weighted by Crippen LogP contribution is -2.60. The molecule has 1 aromatic carbocycles. The number of alkyl carbamates (subject to hydrolysis) is 1. The van der Waals surface area contributed by atoms with Crippen LogP contribution in [0.4, 0.5) is 4.79 Å². The number of cyclic esters (lactones) is 1. The molecule has 14 heteroatoms. The van der Waals surface area contributed by atoms with Gasteiger partial charge >= 0.3 is 6.09 Å². The highest BCUT2D eigenvalue weighted by Gasteiger charge is 2.47. The number of carbonyl (C=O) groups is 5. The Labute approximate surface area is 302 Å². The molecule has 1 saturated heterocycles. The summed E-state index contributed by atoms with van der Waals surface area (Å²) in [5.41, 5.74) is 1.55. The molecule has 1 unspecified atom stereocenters. The number of fused-ring (bicyclic) bond motifs is 3. The average Bonchev–Trinajstić information content (AvgIpc) is 3.86. The predicted octanol–water partition coefficient (Wildman–Crippen LogP) is 3.49. The van der Waals surface area contributed by atoms with Crippen LogP contribution in [0.15, 0.2) is 24.3 Å². The zero-order valence-corrected chi connectivity index (χ0v) is 31.6. The summed E-state index contributed by atoms with van der Waals surface area (Å²) in [6.45, 7) is 9.15. The van der Waals surface area contributed by atoms with Crippen LogP contribution in [0.3, 0.4) is 0 Å². The van der Waals surface area contributed by atoms with E-state index in [0.717, 1.165) is 37.7 Å². The molecule has 0 aromatic heterocycles. The molecule has 13 nitrogen and oxygen atoms in total. The Morgan fingerprint density at radius 1 is 0.961 bits per heavy atom. The van der Waals surface area contributed by atoms with Crippen molar-refractivity contribution in [3.05, 3.63) is 35.4 Å². The summed E-state index contributed by atoms with van der Waals surface area (Å²) in [7, 11) is -3.87. The molecule has 2 bridgehead atoms. The Hall–Kier alpha value is -3.68. The first-order valence-corrected chi connectivity index (χ1v) is 20.1. The highest BCUT2D eigenvalue weighted by molar-refractivity contribution is 7.90. The third-order valence-corrected chi connectivity index (χ3v) is 12.0. The summed E-state index contributed by atoms with van der Waals surface area (Å²) in [4.78, 5) is 69.3. The van der Waals surface area contributed by atoms with E-state index in [1.807, 2.05) is 25.1 Å². The van der Waals surface area contributed by atoms with Gasteiger partial charge in [0.1, 0.15) is 18.1 Å². The molecule has 4 rings (SSSR count). The first kappa shape index (κ1) is 40.1. The number of sulfonamides is 1. The van der Waals surface area contributed by atoms with Gasteiger partial charge in [0.15, 0.2) is 0 Å². The van der Waals surface area contributed by atoms with E-state index >= 15 is 0 Å². The highest BCUT2D eigenvalue weighted by Crippen LogP contribution is 2.29. The third-order valence-electron chi connectivity index (χ3n) is 10.2. The Kier molecular flexibility index (Phi) is 13.9. The molecule has 1 saturated carbocycles. The second kappa shape index (κ2) is 17.7. The number of nitrogens with one attached hydrogen (secondary N) is 4. The number of carbonyl (C=O) groups excluding carboxylic acids is 5. The minimum absolute atomic E-state index is 0.00118. The molecule has 51 heavy (non-hydrogen) atoms. The molecule has 1 aromatic rings. The fraction of sp³-hybridized carbons (Fsp3) is 0.703. The summed E-state index contributed by atoms with van der Waals surface area (Å²) in [6, 6.07) is 4.17. The summed E-state index contributed by atoms with van der Waals surface area (Å²) in [5.74, 6) is -2.65. The number of rotatable bonds is 7. The largest absolute Gasteiger partial charge is 0.450 e. The van der Waals surface area contributed by atoms with E-state index in [9.17, 15) is 32.4 Å². The second-order valence-electron chi connectivity index (χ2n) is 15.5. The summed E-state index contributed by atoms with van der Waals surface area (Å²) >= 11 is 0. The van der Waals surface area contributed by atoms with Crippen LogP contribution >= 0.6 is 0 Å². The van der Waals surface area contributed by atoms with Crippen LogP contribution in [0.25, 0.3) is 0 Å². The van der Waals surface area contributed by atoms with Crippen molar-refractivity contribution in [2.45, 2.75) is 141 Å². The first-order valence-electron chi connectivity index (χ1n) is 18.6. The van der Waals surface area contributed by atoms with Crippen LogP contribution in [0.1, 0.15) is 110 Å². The molecular formula is C37H57N5O8S. The van der Waals surface area contributed by atoms with Gasteiger partial charge in [0, 0.05) is 19.0 Å². The maximum Gasteiger partial charge on any atom is 0.407 e. The van der Waals surface area contributed by atoms with E-state index in [4.69, 9.17) is 4.74 Å². The van der Waals surface area contributed by atoms with Gasteiger partial charge in [-0.2, -0.15) is 0 Å². The van der Waals surface area contributed by atoms with Crippen molar-refractivity contribution in [2.24, 2.45) is 11.3 Å². The van der Waals surface area contributed by atoms with Gasteiger partial charge in [-0.05, 0) is 67.4 Å². The van der Waals surface area contributed by atoms with Crippen molar-refractivity contribution < 1.29 is 37.1 Å². The molecular weight excluding hydrogens is 675 g/mol. The van der Waals surface area contributed by atoms with Crippen LogP contribution < -0.4 is 20.7 Å². The quantitative estimate of drug-likeness (QED) is 0.329. The minimum Gasteiger partial charge on any atom is -0.450 e. The molecule has 1 aliphatic carbocycles. The van der Waals surface area contributed by atoms with Crippen LogP contribution in [-0.2, 0) is 46.8 Å². The van der Waals surface area contributed by atoms with Crippen molar-refractivity contribution in [1.82, 2.24) is 25.6 Å². The van der Waals surface area contributed by atoms with Gasteiger partial charge in [-0.25, -0.2) is 13.2 Å². The number of ether oxygens (including phenoxy) is 1. The maximum atomic E-state index is 14.3. The van der Waals surface area contributed by atoms with Crippen molar-refractivity contribution in [1.29, 1.82) is 0 Å². The number of amides is 5. The molecule has 0 spiro atoms. The second-order valence-corrected chi connectivity index (χ2v) is 17.4. The van der Waals surface area contributed by atoms with E-state index in [-0.39, 0.29) is 31.9 Å². The summed E-state index contributed by atoms with van der Waals surface area (Å²) in [5, 5.41) is 7.85. The van der Waals surface area contributed by atoms with Gasteiger partial charge in [0.05, 0.1) is 11.9 Å². The normalized spacial score (nSPS) is 24.5. The lowest BCUT2D eigenvalue weighted by molar-refractivity contribution is -0.142. The van der Waals surface area contributed by atoms with E-state index in [1.165, 1.54) is 10.5 Å². The number of benzene rings is 1. The molecule has 0 radical (unpaired) electrons. The van der Waals surface area contributed by atoms with Crippen LogP contribution in [0.5, 0.6) is 0 Å². The maximum absolute atomic E-state index is 14.3. The van der Waals surface area contributed by atoms with Crippen LogP contribution in [0, 0.1) is 11.3 Å². The Morgan fingerprint density at radius 3 is 2.25 bits per heavy atom. The van der Waals surface area contributed by atoms with Gasteiger partial charge < -0.3 is 25.6 Å². The molecule has 3 aliphatic rings. The third kappa shape index (κ3) is 11.4.